The standard InChI is InChI=1S/C19H9BrN2O6/c20-16-11-2-1-3-12-15(11)13(8-14(16)22(27)28)18(24)21(17(12)23)10-6-4-9(5-7-10)19(25)26/h1-8H,(H,25,26). The summed E-state index contributed by atoms with van der Waals surface area (Å²) < 4.78 is 0.193. The first-order chi connectivity index (χ1) is 13.3. The molecule has 8 nitrogen and oxygen atoms in total. The van der Waals surface area contributed by atoms with Crippen LogP contribution in [0, 0.1) is 10.1 Å². The summed E-state index contributed by atoms with van der Waals surface area (Å²) in [5, 5.41) is 21.1. The van der Waals surface area contributed by atoms with Gasteiger partial charge in [0.15, 0.2) is 0 Å². The van der Waals surface area contributed by atoms with E-state index in [9.17, 15) is 24.5 Å². The molecule has 0 saturated carbocycles. The highest BCUT2D eigenvalue weighted by atomic mass is 79.9. The molecule has 3 aromatic rings. The topological polar surface area (TPSA) is 118 Å². The number of hydrogen-bond acceptors (Lipinski definition) is 5. The highest BCUT2D eigenvalue weighted by Gasteiger charge is 2.36. The highest BCUT2D eigenvalue weighted by Crippen LogP contribution is 2.40. The number of hydrogen-bond donors (Lipinski definition) is 1. The summed E-state index contributed by atoms with van der Waals surface area (Å²) in [6.07, 6.45) is 0. The SMILES string of the molecule is O=C(O)c1ccc(N2C(=O)c3cccc4c(Br)c([N+](=O)[O-])cc(c34)C2=O)cc1. The van der Waals surface area contributed by atoms with Crippen molar-refractivity contribution in [3.8, 4) is 0 Å². The number of carboxylic acid groups (broad SMARTS) is 1. The predicted molar refractivity (Wildman–Crippen MR) is 103 cm³/mol. The van der Waals surface area contributed by atoms with Gasteiger partial charge in [-0.25, -0.2) is 9.69 Å². The fraction of sp³-hybridized carbons (Fsp3) is 0. The van der Waals surface area contributed by atoms with Crippen LogP contribution in [0.25, 0.3) is 10.8 Å². The Morgan fingerprint density at radius 1 is 1.04 bits per heavy atom. The summed E-state index contributed by atoms with van der Waals surface area (Å²) in [5.41, 5.74) is 0.145. The molecule has 1 heterocycles. The number of nitro groups is 1. The van der Waals surface area contributed by atoms with Crippen LogP contribution in [0.5, 0.6) is 0 Å². The molecule has 0 saturated heterocycles. The van der Waals surface area contributed by atoms with E-state index in [1.807, 2.05) is 0 Å². The molecule has 3 aromatic carbocycles. The van der Waals surface area contributed by atoms with Crippen molar-refractivity contribution < 1.29 is 24.4 Å². The second-order valence-corrected chi connectivity index (χ2v) is 6.83. The second-order valence-electron chi connectivity index (χ2n) is 6.04. The first-order valence-corrected chi connectivity index (χ1v) is 8.72. The Bertz CT molecular complexity index is 1220. The fourth-order valence-electron chi connectivity index (χ4n) is 3.24. The van der Waals surface area contributed by atoms with Crippen LogP contribution in [0.1, 0.15) is 31.1 Å². The number of rotatable bonds is 3. The summed E-state index contributed by atoms with van der Waals surface area (Å²) in [5.74, 6) is -2.45. The minimum atomic E-state index is -1.14. The van der Waals surface area contributed by atoms with Crippen LogP contribution in [-0.2, 0) is 0 Å². The molecule has 1 aliphatic rings. The van der Waals surface area contributed by atoms with E-state index in [1.54, 1.807) is 12.1 Å². The number of nitrogens with zero attached hydrogens (tertiary/aromatic N) is 2. The molecule has 0 unspecified atom stereocenters. The van der Waals surface area contributed by atoms with Crippen molar-refractivity contribution in [1.29, 1.82) is 0 Å². The molecule has 0 radical (unpaired) electrons. The molecule has 0 spiro atoms. The number of nitro benzene ring substituents is 1. The first kappa shape index (κ1) is 17.8. The van der Waals surface area contributed by atoms with Crippen molar-refractivity contribution in [3.63, 3.8) is 0 Å². The fourth-order valence-corrected chi connectivity index (χ4v) is 3.83. The van der Waals surface area contributed by atoms with Gasteiger partial charge in [0.25, 0.3) is 17.5 Å². The van der Waals surface area contributed by atoms with E-state index < -0.39 is 22.7 Å². The quantitative estimate of drug-likeness (QED) is 0.373. The molecular weight excluding hydrogens is 432 g/mol. The van der Waals surface area contributed by atoms with E-state index in [1.165, 1.54) is 30.3 Å². The maximum absolute atomic E-state index is 13.1. The molecular formula is C19H9BrN2O6. The lowest BCUT2D eigenvalue weighted by Crippen LogP contribution is -2.40. The number of carbonyl (C=O) groups is 3. The number of imide groups is 1. The van der Waals surface area contributed by atoms with Crippen LogP contribution in [0.3, 0.4) is 0 Å². The van der Waals surface area contributed by atoms with Gasteiger partial charge in [-0.1, -0.05) is 12.1 Å². The van der Waals surface area contributed by atoms with Gasteiger partial charge in [0.2, 0.25) is 0 Å². The van der Waals surface area contributed by atoms with E-state index in [0.29, 0.717) is 10.8 Å². The van der Waals surface area contributed by atoms with Crippen molar-refractivity contribution in [2.75, 3.05) is 4.90 Å². The minimum Gasteiger partial charge on any atom is -0.478 e. The van der Waals surface area contributed by atoms with E-state index in [-0.39, 0.29) is 32.5 Å². The van der Waals surface area contributed by atoms with Crippen molar-refractivity contribution in [2.45, 2.75) is 0 Å². The van der Waals surface area contributed by atoms with Gasteiger partial charge < -0.3 is 5.11 Å². The third-order valence-corrected chi connectivity index (χ3v) is 5.35. The Morgan fingerprint density at radius 2 is 1.68 bits per heavy atom. The van der Waals surface area contributed by atoms with E-state index in [4.69, 9.17) is 5.11 Å². The van der Waals surface area contributed by atoms with Gasteiger partial charge in [0.05, 0.1) is 21.7 Å². The van der Waals surface area contributed by atoms with Crippen molar-refractivity contribution in [2.24, 2.45) is 0 Å². The van der Waals surface area contributed by atoms with Gasteiger partial charge >= 0.3 is 5.97 Å². The molecule has 9 heteroatoms. The van der Waals surface area contributed by atoms with Gasteiger partial charge in [-0.2, -0.15) is 0 Å². The molecule has 2 amide bonds. The monoisotopic (exact) mass is 440 g/mol. The lowest BCUT2D eigenvalue weighted by atomic mass is 9.93. The van der Waals surface area contributed by atoms with E-state index in [2.05, 4.69) is 15.9 Å². The van der Waals surface area contributed by atoms with Crippen LogP contribution in [0.4, 0.5) is 11.4 Å². The molecule has 28 heavy (non-hydrogen) atoms. The molecule has 1 aliphatic heterocycles. The Balaban J connectivity index is 1.96. The Hall–Kier alpha value is -3.59. The molecule has 0 aromatic heterocycles. The number of anilines is 1. The molecule has 4 rings (SSSR count). The number of carboxylic acids is 1. The first-order valence-electron chi connectivity index (χ1n) is 7.93. The molecule has 0 bridgehead atoms. The third kappa shape index (κ3) is 2.48. The smallest absolute Gasteiger partial charge is 0.335 e. The summed E-state index contributed by atoms with van der Waals surface area (Å²) >= 11 is 3.19. The normalized spacial score (nSPS) is 13.1. The predicted octanol–water partition coefficient (Wildman–Crippen LogP) is 4.01. The number of benzene rings is 3. The van der Waals surface area contributed by atoms with Crippen LogP contribution in [0.2, 0.25) is 0 Å². The van der Waals surface area contributed by atoms with E-state index in [0.717, 1.165) is 11.0 Å². The Labute approximate surface area is 165 Å². The van der Waals surface area contributed by atoms with Crippen LogP contribution in [0.15, 0.2) is 53.0 Å². The van der Waals surface area contributed by atoms with Crippen molar-refractivity contribution in [3.05, 3.63) is 79.8 Å². The maximum atomic E-state index is 13.1. The van der Waals surface area contributed by atoms with Gasteiger partial charge in [-0.3, -0.25) is 19.7 Å². The van der Waals surface area contributed by atoms with Gasteiger partial charge in [0, 0.05) is 22.4 Å². The molecule has 1 N–H and O–H groups in total. The van der Waals surface area contributed by atoms with Crippen molar-refractivity contribution in [1.82, 2.24) is 0 Å². The maximum Gasteiger partial charge on any atom is 0.335 e. The zero-order valence-corrected chi connectivity index (χ0v) is 15.5. The summed E-state index contributed by atoms with van der Waals surface area (Å²) in [4.78, 5) is 48.8. The zero-order valence-electron chi connectivity index (χ0n) is 13.9. The average molecular weight is 441 g/mol. The zero-order chi connectivity index (χ0) is 20.2. The van der Waals surface area contributed by atoms with Crippen LogP contribution >= 0.6 is 15.9 Å². The molecule has 138 valence electrons. The summed E-state index contributed by atoms with van der Waals surface area (Å²) in [7, 11) is 0. The molecule has 0 fully saturated rings. The van der Waals surface area contributed by atoms with Gasteiger partial charge in [-0.05, 0) is 46.3 Å². The highest BCUT2D eigenvalue weighted by molar-refractivity contribution is 9.10. The molecule has 0 aliphatic carbocycles. The summed E-state index contributed by atoms with van der Waals surface area (Å²) in [6, 6.07) is 11.1. The van der Waals surface area contributed by atoms with E-state index >= 15 is 0 Å². The number of amides is 2. The largest absolute Gasteiger partial charge is 0.478 e. The second kappa shape index (κ2) is 6.24. The number of halogens is 1. The lowest BCUT2D eigenvalue weighted by Gasteiger charge is -2.27. The Morgan fingerprint density at radius 3 is 2.29 bits per heavy atom. The van der Waals surface area contributed by atoms with Gasteiger partial charge in [0.1, 0.15) is 4.47 Å². The Kier molecular flexibility index (Phi) is 3.97. The van der Waals surface area contributed by atoms with Crippen LogP contribution < -0.4 is 4.90 Å². The average Bonchev–Trinajstić information content (AvgIpc) is 2.67. The van der Waals surface area contributed by atoms with Crippen LogP contribution in [-0.4, -0.2) is 27.8 Å². The van der Waals surface area contributed by atoms with Gasteiger partial charge in [-0.15, -0.1) is 0 Å². The minimum absolute atomic E-state index is 0.00253. The number of carbonyl (C=O) groups excluding carboxylic acids is 2. The number of aromatic carboxylic acids is 1. The summed E-state index contributed by atoms with van der Waals surface area (Å²) in [6.45, 7) is 0. The van der Waals surface area contributed by atoms with Crippen molar-refractivity contribution >= 4 is 55.9 Å². The molecule has 0 atom stereocenters. The third-order valence-electron chi connectivity index (χ3n) is 4.51. The lowest BCUT2D eigenvalue weighted by molar-refractivity contribution is -0.385.